The maximum Gasteiger partial charge on any atom is 0 e. The Morgan fingerprint density at radius 2 is 1.06 bits per heavy atom. The third kappa shape index (κ3) is 7.99. The molecule has 0 aromatic carbocycles. The largest absolute Gasteiger partial charge is 0.319 e. The third-order valence-electron chi connectivity index (χ3n) is 3.58. The van der Waals surface area contributed by atoms with Gasteiger partial charge in [0.25, 0.3) is 0 Å². The van der Waals surface area contributed by atoms with Gasteiger partial charge in [-0.3, -0.25) is 0 Å². The van der Waals surface area contributed by atoms with Crippen molar-refractivity contribution in [1.82, 2.24) is 0 Å². The molecule has 0 saturated carbocycles. The van der Waals surface area contributed by atoms with Gasteiger partial charge in [0.15, 0.2) is 0 Å². The quantitative estimate of drug-likeness (QED) is 0.584. The van der Waals surface area contributed by atoms with E-state index < -0.39 is 0 Å². The second kappa shape index (κ2) is 6.51. The Bertz CT molecular complexity index is 209. The van der Waals surface area contributed by atoms with Crippen molar-refractivity contribution in [3.8, 4) is 0 Å². The number of hydrogen-bond acceptors (Lipinski definition) is 0. The summed E-state index contributed by atoms with van der Waals surface area (Å²) in [7, 11) is 0. The Morgan fingerprint density at radius 1 is 0.706 bits per heavy atom. The van der Waals surface area contributed by atoms with E-state index in [1.807, 2.05) is 0 Å². The van der Waals surface area contributed by atoms with E-state index in [-0.39, 0.29) is 32.7 Å². The molecule has 2 unspecified atom stereocenters. The molecule has 0 aliphatic rings. The van der Waals surface area contributed by atoms with Crippen LogP contribution in [0.2, 0.25) is 0 Å². The average molecular weight is 314 g/mol. The molecule has 2 atom stereocenters. The van der Waals surface area contributed by atoms with Gasteiger partial charge in [0, 0.05) is 32.7 Å². The van der Waals surface area contributed by atoms with Crippen molar-refractivity contribution in [2.75, 3.05) is 0 Å². The van der Waals surface area contributed by atoms with Crippen molar-refractivity contribution < 1.29 is 32.7 Å². The van der Waals surface area contributed by atoms with Crippen LogP contribution >= 0.6 is 0 Å². The van der Waals surface area contributed by atoms with Crippen molar-refractivity contribution in [2.24, 2.45) is 28.1 Å². The van der Waals surface area contributed by atoms with E-state index in [1.54, 1.807) is 0 Å². The van der Waals surface area contributed by atoms with Gasteiger partial charge in [0.2, 0.25) is 0 Å². The molecular formula is C16H33Y-. The minimum atomic E-state index is 0. The van der Waals surface area contributed by atoms with Gasteiger partial charge in [0.1, 0.15) is 0 Å². The minimum Gasteiger partial charge on any atom is -0.319 e. The van der Waals surface area contributed by atoms with Crippen LogP contribution in [0.1, 0.15) is 69.2 Å². The summed E-state index contributed by atoms with van der Waals surface area (Å²) in [5.74, 6) is 1.36. The fourth-order valence-corrected chi connectivity index (χ4v) is 2.22. The number of hydrogen-bond donors (Lipinski definition) is 0. The van der Waals surface area contributed by atoms with Crippen LogP contribution in [0, 0.1) is 34.5 Å². The van der Waals surface area contributed by atoms with Crippen LogP contribution in [0.4, 0.5) is 0 Å². The molecule has 1 heteroatoms. The first-order valence-corrected chi connectivity index (χ1v) is 6.61. The zero-order valence-corrected chi connectivity index (χ0v) is 16.6. The molecule has 1 radical (unpaired) electrons. The molecule has 0 N–H and O–H groups in total. The van der Waals surface area contributed by atoms with Gasteiger partial charge in [-0.2, -0.15) is 11.3 Å². The van der Waals surface area contributed by atoms with Gasteiger partial charge in [-0.25, -0.2) is 0 Å². The van der Waals surface area contributed by atoms with E-state index >= 15 is 0 Å². The molecular weight excluding hydrogens is 281 g/mol. The van der Waals surface area contributed by atoms with Crippen molar-refractivity contribution in [1.29, 1.82) is 0 Å². The Balaban J connectivity index is 0. The summed E-state index contributed by atoms with van der Waals surface area (Å²) in [5.41, 5.74) is 1.02. The van der Waals surface area contributed by atoms with E-state index in [1.165, 1.54) is 0 Å². The summed E-state index contributed by atoms with van der Waals surface area (Å²) in [6, 6.07) is 0. The normalized spacial score (nSPS) is 17.3. The molecule has 0 aliphatic heterocycles. The molecule has 0 aliphatic carbocycles. The Labute approximate surface area is 136 Å². The van der Waals surface area contributed by atoms with Gasteiger partial charge in [-0.15, -0.1) is 0 Å². The van der Waals surface area contributed by atoms with E-state index in [9.17, 15) is 0 Å². The van der Waals surface area contributed by atoms with E-state index in [4.69, 9.17) is 0 Å². The SMILES string of the molecule is CC(C([CH-]C(C)(C)C)C(C)(C)C)C(C)(C)C.[Y]. The molecule has 101 valence electrons. The molecule has 0 spiro atoms. The van der Waals surface area contributed by atoms with E-state index in [0.29, 0.717) is 28.1 Å². The molecule has 0 saturated heterocycles. The Hall–Kier alpha value is 1.10. The van der Waals surface area contributed by atoms with Crippen LogP contribution in [-0.4, -0.2) is 0 Å². The van der Waals surface area contributed by atoms with Gasteiger partial charge in [-0.1, -0.05) is 80.6 Å². The maximum atomic E-state index is 2.56. The summed E-state index contributed by atoms with van der Waals surface area (Å²) in [6.07, 6.45) is 2.56. The molecule has 17 heavy (non-hydrogen) atoms. The molecule has 0 heterocycles. The molecule has 0 bridgehead atoms. The van der Waals surface area contributed by atoms with Gasteiger partial charge >= 0.3 is 0 Å². The second-order valence-corrected chi connectivity index (χ2v) is 8.58. The van der Waals surface area contributed by atoms with Gasteiger partial charge in [-0.05, 0) is 5.41 Å². The van der Waals surface area contributed by atoms with E-state index in [0.717, 1.165) is 0 Å². The Morgan fingerprint density at radius 3 is 1.24 bits per heavy atom. The van der Waals surface area contributed by atoms with Crippen molar-refractivity contribution in [3.63, 3.8) is 0 Å². The molecule has 0 aromatic rings. The second-order valence-electron chi connectivity index (χ2n) is 8.58. The zero-order chi connectivity index (χ0) is 13.4. The summed E-state index contributed by atoms with van der Waals surface area (Å²) in [5, 5.41) is 0. The van der Waals surface area contributed by atoms with Gasteiger partial charge in [0.05, 0.1) is 0 Å². The van der Waals surface area contributed by atoms with Crippen molar-refractivity contribution in [3.05, 3.63) is 6.42 Å². The van der Waals surface area contributed by atoms with Crippen LogP contribution < -0.4 is 0 Å². The predicted molar refractivity (Wildman–Crippen MR) is 75.3 cm³/mol. The predicted octanol–water partition coefficient (Wildman–Crippen LogP) is 5.58. The molecule has 0 fully saturated rings. The Kier molecular flexibility index (Phi) is 7.82. The number of rotatable bonds is 2. The topological polar surface area (TPSA) is 0 Å². The fraction of sp³-hybridized carbons (Fsp3) is 0.938. The smallest absolute Gasteiger partial charge is 0 e. The van der Waals surface area contributed by atoms with Crippen LogP contribution in [-0.2, 0) is 32.7 Å². The molecule has 0 aromatic heterocycles. The summed E-state index contributed by atoms with van der Waals surface area (Å²) < 4.78 is 0. The summed E-state index contributed by atoms with van der Waals surface area (Å²) in [4.78, 5) is 0. The minimum absolute atomic E-state index is 0. The van der Waals surface area contributed by atoms with E-state index in [2.05, 4.69) is 75.7 Å². The van der Waals surface area contributed by atoms with Crippen LogP contribution in [0.3, 0.4) is 0 Å². The van der Waals surface area contributed by atoms with Gasteiger partial charge < -0.3 is 6.42 Å². The first-order chi connectivity index (χ1) is 6.75. The molecule has 0 nitrogen and oxygen atoms in total. The van der Waals surface area contributed by atoms with Crippen molar-refractivity contribution in [2.45, 2.75) is 69.2 Å². The zero-order valence-electron chi connectivity index (χ0n) is 13.8. The third-order valence-corrected chi connectivity index (χ3v) is 3.58. The summed E-state index contributed by atoms with van der Waals surface area (Å²) >= 11 is 0. The van der Waals surface area contributed by atoms with Crippen LogP contribution in [0.15, 0.2) is 0 Å². The standard InChI is InChI=1S/C16H33.Y/c1-12(15(5,6)7)13(16(8,9)10)11-14(2,3)4;/h11-13H,1-10H3;/q-1;. The van der Waals surface area contributed by atoms with Crippen molar-refractivity contribution >= 4 is 0 Å². The van der Waals surface area contributed by atoms with Crippen LogP contribution in [0.25, 0.3) is 0 Å². The fourth-order valence-electron chi connectivity index (χ4n) is 2.22. The van der Waals surface area contributed by atoms with Crippen LogP contribution in [0.5, 0.6) is 0 Å². The molecule has 0 rings (SSSR count). The summed E-state index contributed by atoms with van der Waals surface area (Å²) in [6.45, 7) is 23.5. The first-order valence-electron chi connectivity index (χ1n) is 6.61. The molecule has 0 amide bonds. The average Bonchev–Trinajstić information content (AvgIpc) is 1.93. The monoisotopic (exact) mass is 314 g/mol. The maximum absolute atomic E-state index is 2.56. The first kappa shape index (κ1) is 20.4.